The molecule has 1 aromatic rings. The van der Waals surface area contributed by atoms with Crippen LogP contribution in [0.1, 0.15) is 31.2 Å². The number of alkyl halides is 1. The number of benzene rings is 1. The second-order valence-corrected chi connectivity index (χ2v) is 4.99. The number of para-hydroxylation sites is 1. The second kappa shape index (κ2) is 6.10. The molecule has 1 aliphatic heterocycles. The number of carbonyl (C=O) groups is 1. The predicted molar refractivity (Wildman–Crippen MR) is 72.2 cm³/mol. The molecule has 0 aromatic heterocycles. The molecule has 18 heavy (non-hydrogen) atoms. The number of ether oxygens (including phenoxy) is 1. The molecular weight excluding hydrogens is 250 g/mol. The molecular formula is C14H18ClNO2. The molecule has 0 fully saturated rings. The van der Waals surface area contributed by atoms with Crippen LogP contribution >= 0.6 is 11.6 Å². The van der Waals surface area contributed by atoms with Crippen molar-refractivity contribution in [3.63, 3.8) is 0 Å². The molecule has 1 N–H and O–H groups in total. The highest BCUT2D eigenvalue weighted by atomic mass is 35.5. The maximum absolute atomic E-state index is 12.2. The molecule has 0 radical (unpaired) electrons. The summed E-state index contributed by atoms with van der Waals surface area (Å²) in [6.45, 7) is 2.57. The summed E-state index contributed by atoms with van der Waals surface area (Å²) in [4.78, 5) is 12.2. The first-order valence-corrected chi connectivity index (χ1v) is 6.84. The Morgan fingerprint density at radius 1 is 1.56 bits per heavy atom. The van der Waals surface area contributed by atoms with Gasteiger partial charge in [-0.1, -0.05) is 18.2 Å². The van der Waals surface area contributed by atoms with E-state index in [0.29, 0.717) is 12.5 Å². The molecule has 98 valence electrons. The van der Waals surface area contributed by atoms with Crippen LogP contribution in [0, 0.1) is 0 Å². The van der Waals surface area contributed by atoms with Crippen LogP contribution in [0.5, 0.6) is 5.75 Å². The molecule has 0 saturated carbocycles. The zero-order valence-corrected chi connectivity index (χ0v) is 11.2. The van der Waals surface area contributed by atoms with E-state index in [1.54, 1.807) is 0 Å². The average molecular weight is 268 g/mol. The fraction of sp³-hybridized carbons (Fsp3) is 0.500. The number of hydrogen-bond acceptors (Lipinski definition) is 2. The van der Waals surface area contributed by atoms with Crippen molar-refractivity contribution in [3.8, 4) is 5.75 Å². The van der Waals surface area contributed by atoms with Crippen LogP contribution in [0.4, 0.5) is 0 Å². The molecule has 4 heteroatoms. The Kier molecular flexibility index (Phi) is 4.48. The lowest BCUT2D eigenvalue weighted by molar-refractivity contribution is -0.123. The van der Waals surface area contributed by atoms with Crippen molar-refractivity contribution in [2.24, 2.45) is 0 Å². The minimum atomic E-state index is -0.104. The van der Waals surface area contributed by atoms with Gasteiger partial charge in [-0.25, -0.2) is 0 Å². The average Bonchev–Trinajstić information content (AvgIpc) is 2.38. The van der Waals surface area contributed by atoms with Gasteiger partial charge in [0.1, 0.15) is 5.75 Å². The fourth-order valence-electron chi connectivity index (χ4n) is 2.19. The van der Waals surface area contributed by atoms with Crippen molar-refractivity contribution in [3.05, 3.63) is 29.8 Å². The smallest absolute Gasteiger partial charge is 0.228 e. The van der Waals surface area contributed by atoms with E-state index in [1.807, 2.05) is 31.2 Å². The minimum Gasteiger partial charge on any atom is -0.493 e. The van der Waals surface area contributed by atoms with Crippen molar-refractivity contribution in [2.75, 3.05) is 12.5 Å². The Balaban J connectivity index is 2.08. The number of fused-ring (bicyclic) bond motifs is 1. The summed E-state index contributed by atoms with van der Waals surface area (Å²) in [6.07, 6.45) is 1.52. The summed E-state index contributed by atoms with van der Waals surface area (Å²) in [5.41, 5.74) is 0.985. The zero-order chi connectivity index (χ0) is 13.0. The van der Waals surface area contributed by atoms with Gasteiger partial charge < -0.3 is 10.1 Å². The van der Waals surface area contributed by atoms with Gasteiger partial charge in [0.05, 0.1) is 12.5 Å². The predicted octanol–water partition coefficient (Wildman–Crippen LogP) is 2.69. The van der Waals surface area contributed by atoms with Crippen LogP contribution in [0.25, 0.3) is 0 Å². The van der Waals surface area contributed by atoms with Crippen molar-refractivity contribution in [2.45, 2.75) is 31.7 Å². The number of halogens is 1. The number of nitrogens with one attached hydrogen (secondary N) is 1. The molecule has 0 spiro atoms. The minimum absolute atomic E-state index is 0.0726. The van der Waals surface area contributed by atoms with Crippen LogP contribution < -0.4 is 10.1 Å². The molecule has 1 aliphatic rings. The first-order valence-electron chi connectivity index (χ1n) is 6.30. The van der Waals surface area contributed by atoms with Gasteiger partial charge in [0.25, 0.3) is 0 Å². The molecule has 1 aromatic carbocycles. The van der Waals surface area contributed by atoms with Gasteiger partial charge in [-0.2, -0.15) is 0 Å². The van der Waals surface area contributed by atoms with Crippen LogP contribution in [0.3, 0.4) is 0 Å². The summed E-state index contributed by atoms with van der Waals surface area (Å²) in [5.74, 6) is 1.36. The Hall–Kier alpha value is -1.22. The quantitative estimate of drug-likeness (QED) is 0.852. The summed E-state index contributed by atoms with van der Waals surface area (Å²) in [5, 5.41) is 3.01. The van der Waals surface area contributed by atoms with E-state index in [9.17, 15) is 4.79 Å². The lowest BCUT2D eigenvalue weighted by Gasteiger charge is -2.26. The third kappa shape index (κ3) is 2.96. The van der Waals surface area contributed by atoms with E-state index in [2.05, 4.69) is 5.32 Å². The van der Waals surface area contributed by atoms with Gasteiger partial charge in [0, 0.05) is 17.5 Å². The van der Waals surface area contributed by atoms with E-state index in [0.717, 1.165) is 24.2 Å². The van der Waals surface area contributed by atoms with Gasteiger partial charge in [-0.05, 0) is 25.8 Å². The van der Waals surface area contributed by atoms with Crippen molar-refractivity contribution >= 4 is 17.5 Å². The molecule has 1 amide bonds. The zero-order valence-electron chi connectivity index (χ0n) is 10.5. The van der Waals surface area contributed by atoms with Gasteiger partial charge in [0.15, 0.2) is 0 Å². The molecule has 0 saturated heterocycles. The normalized spacial score (nSPS) is 19.6. The molecule has 2 unspecified atom stereocenters. The lowest BCUT2D eigenvalue weighted by Crippen LogP contribution is -2.38. The van der Waals surface area contributed by atoms with Gasteiger partial charge in [-0.3, -0.25) is 4.79 Å². The molecule has 0 bridgehead atoms. The molecule has 0 aliphatic carbocycles. The summed E-state index contributed by atoms with van der Waals surface area (Å²) < 4.78 is 5.56. The van der Waals surface area contributed by atoms with Crippen LogP contribution in [0.15, 0.2) is 24.3 Å². The van der Waals surface area contributed by atoms with Gasteiger partial charge in [-0.15, -0.1) is 11.6 Å². The third-order valence-electron chi connectivity index (χ3n) is 3.21. The van der Waals surface area contributed by atoms with Crippen LogP contribution in [-0.4, -0.2) is 24.4 Å². The Labute approximate surface area is 112 Å². The van der Waals surface area contributed by atoms with Crippen molar-refractivity contribution in [1.82, 2.24) is 5.32 Å². The van der Waals surface area contributed by atoms with E-state index in [1.165, 1.54) is 0 Å². The number of carbonyl (C=O) groups excluding carboxylic acids is 1. The number of rotatable bonds is 4. The first-order chi connectivity index (χ1) is 8.72. The van der Waals surface area contributed by atoms with E-state index >= 15 is 0 Å². The molecule has 2 atom stereocenters. The molecule has 2 rings (SSSR count). The van der Waals surface area contributed by atoms with E-state index in [4.69, 9.17) is 16.3 Å². The largest absolute Gasteiger partial charge is 0.493 e. The van der Waals surface area contributed by atoms with E-state index in [-0.39, 0.29) is 17.9 Å². The lowest BCUT2D eigenvalue weighted by atomic mass is 9.92. The topological polar surface area (TPSA) is 38.3 Å². The first kappa shape index (κ1) is 13.2. The summed E-state index contributed by atoms with van der Waals surface area (Å²) >= 11 is 5.68. The number of amides is 1. The second-order valence-electron chi connectivity index (χ2n) is 4.61. The van der Waals surface area contributed by atoms with Gasteiger partial charge in [0.2, 0.25) is 5.91 Å². The standard InChI is InChI=1S/C14H18ClNO2/c1-10(6-8-15)16-14(17)12-7-9-18-13-5-3-2-4-11(12)13/h2-5,10,12H,6-9H2,1H3,(H,16,17). The molecule has 3 nitrogen and oxygen atoms in total. The van der Waals surface area contributed by atoms with Crippen LogP contribution in [-0.2, 0) is 4.79 Å². The summed E-state index contributed by atoms with van der Waals surface area (Å²) in [6, 6.07) is 7.86. The maximum Gasteiger partial charge on any atom is 0.228 e. The highest BCUT2D eigenvalue weighted by Gasteiger charge is 2.27. The number of hydrogen-bond donors (Lipinski definition) is 1. The maximum atomic E-state index is 12.2. The third-order valence-corrected chi connectivity index (χ3v) is 3.42. The Morgan fingerprint density at radius 3 is 3.11 bits per heavy atom. The summed E-state index contributed by atoms with van der Waals surface area (Å²) in [7, 11) is 0. The highest BCUT2D eigenvalue weighted by Crippen LogP contribution is 2.33. The van der Waals surface area contributed by atoms with Gasteiger partial charge >= 0.3 is 0 Å². The van der Waals surface area contributed by atoms with Crippen molar-refractivity contribution < 1.29 is 9.53 Å². The Morgan fingerprint density at radius 2 is 2.33 bits per heavy atom. The molecule has 1 heterocycles. The highest BCUT2D eigenvalue weighted by molar-refractivity contribution is 6.17. The Bertz CT molecular complexity index is 422. The van der Waals surface area contributed by atoms with E-state index < -0.39 is 0 Å². The fourth-order valence-corrected chi connectivity index (χ4v) is 2.52. The monoisotopic (exact) mass is 267 g/mol. The van der Waals surface area contributed by atoms with Crippen LogP contribution in [0.2, 0.25) is 0 Å². The SMILES string of the molecule is CC(CCCl)NC(=O)C1CCOc2ccccc21. The van der Waals surface area contributed by atoms with Crippen molar-refractivity contribution in [1.29, 1.82) is 0 Å².